The van der Waals surface area contributed by atoms with Crippen molar-refractivity contribution in [3.63, 3.8) is 0 Å². The average molecular weight is 401 g/mol. The molecule has 154 valence electrons. The summed E-state index contributed by atoms with van der Waals surface area (Å²) in [6.07, 6.45) is -0.638. The third kappa shape index (κ3) is 4.71. The fourth-order valence-corrected chi connectivity index (χ4v) is 3.41. The van der Waals surface area contributed by atoms with E-state index in [0.29, 0.717) is 18.8 Å². The number of nitrogens with one attached hydrogen (secondary N) is 1. The van der Waals surface area contributed by atoms with Crippen LogP contribution in [0.5, 0.6) is 0 Å². The lowest BCUT2D eigenvalue weighted by Crippen LogP contribution is -2.47. The number of hydrogen-bond donors (Lipinski definition) is 2. The van der Waals surface area contributed by atoms with E-state index in [9.17, 15) is 19.2 Å². The third-order valence-corrected chi connectivity index (χ3v) is 4.83. The van der Waals surface area contributed by atoms with E-state index in [0.717, 1.165) is 11.1 Å². The van der Waals surface area contributed by atoms with Gasteiger partial charge in [0, 0.05) is 25.2 Å². The number of urea groups is 1. The molecule has 0 aliphatic carbocycles. The Kier molecular flexibility index (Phi) is 6.10. The lowest BCUT2D eigenvalue weighted by atomic mass is 10.1. The number of carbonyl (C=O) groups is 4. The number of alkyl carbamates (subject to hydrolysis) is 1. The third-order valence-electron chi connectivity index (χ3n) is 4.83. The molecule has 2 aliphatic rings. The van der Waals surface area contributed by atoms with Crippen LogP contribution in [0, 0.1) is 0 Å². The Labute approximate surface area is 167 Å². The van der Waals surface area contributed by atoms with Gasteiger partial charge in [0.15, 0.2) is 0 Å². The first kappa shape index (κ1) is 20.3. The molecule has 1 aromatic carbocycles. The second-order valence-electron chi connectivity index (χ2n) is 6.80. The number of ether oxygens (including phenoxy) is 1. The van der Waals surface area contributed by atoms with Crippen LogP contribution in [0.3, 0.4) is 0 Å². The van der Waals surface area contributed by atoms with Crippen LogP contribution in [0.1, 0.15) is 24.5 Å². The van der Waals surface area contributed by atoms with Crippen molar-refractivity contribution in [2.45, 2.75) is 32.5 Å². The van der Waals surface area contributed by atoms with Gasteiger partial charge in [-0.15, -0.1) is 0 Å². The first-order valence-electron chi connectivity index (χ1n) is 9.30. The summed E-state index contributed by atoms with van der Waals surface area (Å²) in [6, 6.07) is 6.44. The van der Waals surface area contributed by atoms with E-state index in [2.05, 4.69) is 10.3 Å². The number of primary amides is 1. The highest BCUT2D eigenvalue weighted by Gasteiger charge is 2.37. The summed E-state index contributed by atoms with van der Waals surface area (Å²) in [5, 5.41) is 2.31. The van der Waals surface area contributed by atoms with Crippen LogP contribution in [0.15, 0.2) is 29.3 Å². The van der Waals surface area contributed by atoms with Gasteiger partial charge in [0.25, 0.3) is 0 Å². The topological polar surface area (TPSA) is 134 Å². The first-order valence-corrected chi connectivity index (χ1v) is 9.30. The molecule has 3 N–H and O–H groups in total. The molecule has 1 saturated heterocycles. The maximum Gasteiger partial charge on any atom is 0.407 e. The minimum absolute atomic E-state index is 0.00345. The number of nitrogens with two attached hydrogens (primary N) is 1. The fraction of sp³-hybridized carbons (Fsp3) is 0.421. The number of likely N-dealkylation sites (tertiary alicyclic amines) is 1. The summed E-state index contributed by atoms with van der Waals surface area (Å²) in [6.45, 7) is 2.42. The highest BCUT2D eigenvalue weighted by molar-refractivity contribution is 6.05. The van der Waals surface area contributed by atoms with E-state index in [-0.39, 0.29) is 26.1 Å². The molecule has 2 heterocycles. The van der Waals surface area contributed by atoms with E-state index in [4.69, 9.17) is 10.5 Å². The van der Waals surface area contributed by atoms with Gasteiger partial charge in [-0.05, 0) is 18.1 Å². The number of hydrogen-bond acceptors (Lipinski definition) is 5. The molecule has 10 heteroatoms. The minimum atomic E-state index is -0.908. The highest BCUT2D eigenvalue weighted by atomic mass is 16.5. The van der Waals surface area contributed by atoms with Crippen molar-refractivity contribution in [3.8, 4) is 0 Å². The second kappa shape index (κ2) is 8.72. The molecule has 5 amide bonds. The number of rotatable bonds is 4. The van der Waals surface area contributed by atoms with Gasteiger partial charge in [0.2, 0.25) is 11.8 Å². The molecular formula is C19H23N5O5. The number of fused-ring (bicyclic) bond motifs is 1. The molecule has 3 rings (SSSR count). The van der Waals surface area contributed by atoms with Crippen molar-refractivity contribution in [1.29, 1.82) is 0 Å². The van der Waals surface area contributed by atoms with Gasteiger partial charge in [0.1, 0.15) is 12.6 Å². The molecule has 0 bridgehead atoms. The van der Waals surface area contributed by atoms with Gasteiger partial charge in [-0.2, -0.15) is 0 Å². The molecule has 1 atom stereocenters. The molecule has 0 saturated carbocycles. The highest BCUT2D eigenvalue weighted by Crippen LogP contribution is 2.23. The van der Waals surface area contributed by atoms with Gasteiger partial charge in [-0.25, -0.2) is 14.6 Å². The summed E-state index contributed by atoms with van der Waals surface area (Å²) < 4.78 is 4.70. The Hall–Kier alpha value is -3.43. The smallest absolute Gasteiger partial charge is 0.407 e. The summed E-state index contributed by atoms with van der Waals surface area (Å²) >= 11 is 0. The van der Waals surface area contributed by atoms with Crippen molar-refractivity contribution >= 4 is 29.7 Å². The standard InChI is InChI=1S/C19H23N5O5/c1-2-29-19(28)21-8-16(25)24-11-14(7-15(24)17(20)26)22-18(27)23-9-12-5-3-4-6-13(12)10-23/h3-6,15H,2,7-11H2,1H3,(H2,20,26)(H,21,28)/t15-/m0/s1. The van der Waals surface area contributed by atoms with Gasteiger partial charge in [0.05, 0.1) is 13.2 Å². The zero-order valence-electron chi connectivity index (χ0n) is 16.1. The lowest BCUT2D eigenvalue weighted by Gasteiger charge is -2.21. The molecule has 1 fully saturated rings. The summed E-state index contributed by atoms with van der Waals surface area (Å²) in [5.41, 5.74) is 7.96. The van der Waals surface area contributed by atoms with Gasteiger partial charge < -0.3 is 25.6 Å². The van der Waals surface area contributed by atoms with E-state index in [1.165, 1.54) is 4.90 Å². The van der Waals surface area contributed by atoms with Crippen LogP contribution in [-0.4, -0.2) is 65.2 Å². The van der Waals surface area contributed by atoms with Crippen molar-refractivity contribution in [1.82, 2.24) is 15.1 Å². The van der Waals surface area contributed by atoms with E-state index in [1.807, 2.05) is 24.3 Å². The molecule has 10 nitrogen and oxygen atoms in total. The molecule has 0 spiro atoms. The van der Waals surface area contributed by atoms with Crippen LogP contribution in [0.2, 0.25) is 0 Å². The summed E-state index contributed by atoms with van der Waals surface area (Å²) in [4.78, 5) is 55.0. The number of carbonyl (C=O) groups excluding carboxylic acids is 4. The Morgan fingerprint density at radius 1 is 1.17 bits per heavy atom. The first-order chi connectivity index (χ1) is 13.9. The predicted molar refractivity (Wildman–Crippen MR) is 103 cm³/mol. The Morgan fingerprint density at radius 3 is 2.41 bits per heavy atom. The fourth-order valence-electron chi connectivity index (χ4n) is 3.41. The second-order valence-corrected chi connectivity index (χ2v) is 6.80. The maximum atomic E-state index is 12.6. The predicted octanol–water partition coefficient (Wildman–Crippen LogP) is 0.396. The molecule has 1 aromatic rings. The number of aliphatic imine (C=N–C) groups is 1. The minimum Gasteiger partial charge on any atom is -0.450 e. The van der Waals surface area contributed by atoms with Gasteiger partial charge in [-0.1, -0.05) is 24.3 Å². The summed E-state index contributed by atoms with van der Waals surface area (Å²) in [7, 11) is 0. The monoisotopic (exact) mass is 401 g/mol. The zero-order chi connectivity index (χ0) is 21.0. The van der Waals surface area contributed by atoms with Crippen LogP contribution in [0.4, 0.5) is 9.59 Å². The molecule has 0 aromatic heterocycles. The summed E-state index contributed by atoms with van der Waals surface area (Å²) in [5.74, 6) is -1.20. The molecular weight excluding hydrogens is 378 g/mol. The number of amides is 5. The van der Waals surface area contributed by atoms with E-state index >= 15 is 0 Å². The van der Waals surface area contributed by atoms with Crippen molar-refractivity contribution in [2.24, 2.45) is 10.7 Å². The van der Waals surface area contributed by atoms with Gasteiger partial charge in [-0.3, -0.25) is 9.59 Å². The van der Waals surface area contributed by atoms with Crippen molar-refractivity contribution < 1.29 is 23.9 Å². The molecule has 0 unspecified atom stereocenters. The van der Waals surface area contributed by atoms with Crippen LogP contribution < -0.4 is 11.1 Å². The Balaban J connectivity index is 1.63. The SMILES string of the molecule is CCOC(=O)NCC(=O)N1CC(=NC(=O)N2Cc3ccccc3C2)C[C@H]1C(N)=O. The molecule has 0 radical (unpaired) electrons. The van der Waals surface area contributed by atoms with Crippen LogP contribution >= 0.6 is 0 Å². The molecule has 29 heavy (non-hydrogen) atoms. The normalized spacial score (nSPS) is 19.2. The van der Waals surface area contributed by atoms with Crippen molar-refractivity contribution in [3.05, 3.63) is 35.4 Å². The zero-order valence-corrected chi connectivity index (χ0v) is 16.1. The van der Waals surface area contributed by atoms with E-state index in [1.54, 1.807) is 11.8 Å². The van der Waals surface area contributed by atoms with Crippen LogP contribution in [-0.2, 0) is 27.4 Å². The Bertz CT molecular complexity index is 843. The van der Waals surface area contributed by atoms with Crippen molar-refractivity contribution in [2.75, 3.05) is 19.7 Å². The average Bonchev–Trinajstić information content (AvgIpc) is 3.30. The maximum absolute atomic E-state index is 12.6. The van der Waals surface area contributed by atoms with Crippen LogP contribution in [0.25, 0.3) is 0 Å². The quantitative estimate of drug-likeness (QED) is 0.753. The number of nitrogens with zero attached hydrogens (tertiary/aromatic N) is 3. The van der Waals surface area contributed by atoms with Gasteiger partial charge >= 0.3 is 12.1 Å². The van der Waals surface area contributed by atoms with E-state index < -0.39 is 30.0 Å². The largest absolute Gasteiger partial charge is 0.450 e. The molecule has 2 aliphatic heterocycles. The lowest BCUT2D eigenvalue weighted by molar-refractivity contribution is -0.136. The number of benzene rings is 1. The Morgan fingerprint density at radius 2 is 1.83 bits per heavy atom.